The van der Waals surface area contributed by atoms with Gasteiger partial charge >= 0.3 is 0 Å². The van der Waals surface area contributed by atoms with E-state index in [1.807, 2.05) is 0 Å². The van der Waals surface area contributed by atoms with E-state index in [-0.39, 0.29) is 13.2 Å². The maximum Gasteiger partial charge on any atom is 0.102 e. The Kier molecular flexibility index (Phi) is 24.7. The fourth-order valence-electron chi connectivity index (χ4n) is 22.0. The van der Waals surface area contributed by atoms with Gasteiger partial charge in [0.1, 0.15) is 26.2 Å². The predicted molar refractivity (Wildman–Crippen MR) is 347 cm³/mol. The highest BCUT2D eigenvalue weighted by molar-refractivity contribution is 5.27. The van der Waals surface area contributed by atoms with Gasteiger partial charge in [-0.15, -0.1) is 0 Å². The average Bonchev–Trinajstić information content (AvgIpc) is 3.83. The monoisotopic (exact) mass is 1140 g/mol. The molecule has 0 aromatic heterocycles. The maximum atomic E-state index is 10.1. The van der Waals surface area contributed by atoms with Crippen LogP contribution in [-0.2, 0) is 9.47 Å². The molecule has 2 N–H and O–H groups in total. The molecule has 8 aliphatic carbocycles. The summed E-state index contributed by atoms with van der Waals surface area (Å²) in [6.07, 6.45) is 49.7. The van der Waals surface area contributed by atoms with Crippen LogP contribution in [0, 0.1) is 92.7 Å². The van der Waals surface area contributed by atoms with E-state index in [0.29, 0.717) is 33.9 Å². The molecule has 6 fully saturated rings. The van der Waals surface area contributed by atoms with Crippen LogP contribution in [0.2, 0.25) is 0 Å². The van der Waals surface area contributed by atoms with Gasteiger partial charge < -0.3 is 28.7 Å². The van der Waals surface area contributed by atoms with Crippen molar-refractivity contribution in [3.63, 3.8) is 0 Å². The standard InChI is InChI=1S/C76H138N2O4/c1-57(2)25-23-27-59(5)67-33-35-69-65-31-29-61-55-63(37-41-73(61,7)71(65)39-43-75(67,69)9)81-53-49-77(11,47-51-79)45-21-19-17-15-13-14-16-18-20-22-46-78(12,48-52-80)50-54-82-64-38-42-74(8)62(56-64)30-32-66-70-36-34-68(60(6)28-24-26-58(3)4)76(70,10)44-40-72(66)74/h29-30,57-60,63-72,79-80H,13-28,31-56H2,1-12H3/q+2/t59-,60-,63+,64+,65+,66+,67-,68-,69+,70+,71+,72+,73+,74+,75-,76-,77?,78?/m1/s1. The first-order valence-corrected chi connectivity index (χ1v) is 36.7. The van der Waals surface area contributed by atoms with Crippen LogP contribution in [0.4, 0.5) is 0 Å². The Hall–Kier alpha value is -0.760. The summed E-state index contributed by atoms with van der Waals surface area (Å²) in [5, 5.41) is 20.2. The largest absolute Gasteiger partial charge is 0.391 e. The topological polar surface area (TPSA) is 58.9 Å². The van der Waals surface area contributed by atoms with E-state index in [1.54, 1.807) is 11.1 Å². The Morgan fingerprint density at radius 2 is 0.817 bits per heavy atom. The summed E-state index contributed by atoms with van der Waals surface area (Å²) in [4.78, 5) is 0. The molecule has 18 atom stereocenters. The van der Waals surface area contributed by atoms with E-state index in [0.717, 1.165) is 145 Å². The van der Waals surface area contributed by atoms with Crippen molar-refractivity contribution in [3.05, 3.63) is 23.3 Å². The lowest BCUT2D eigenvalue weighted by Crippen LogP contribution is -2.51. The fraction of sp³-hybridized carbons (Fsp3) is 0.947. The molecule has 0 aromatic rings. The first-order chi connectivity index (χ1) is 39.2. The van der Waals surface area contributed by atoms with Crippen molar-refractivity contribution >= 4 is 0 Å². The molecule has 0 radical (unpaired) electrons. The SMILES string of the molecule is CC(C)CCC[C@@H](C)[C@H]1CC[C@H]2[C@@H]3CC=C4C[C@@H](OCC[N+](C)(CCO)CCCCCCCCCCCC[N+](C)(CCO)CCO[C@H]5CC[C@@]6(C)C(=CC[C@H]7[C@@H]8CC[C@H]([C@H](C)CCCC(C)C)[C@@]8(C)CC[C@@H]76)C5)CC[C@]4(C)[C@H]3CC[C@]12C. The van der Waals surface area contributed by atoms with Gasteiger partial charge in [0.05, 0.1) is 65.8 Å². The van der Waals surface area contributed by atoms with Gasteiger partial charge in [0.25, 0.3) is 0 Å². The van der Waals surface area contributed by atoms with Gasteiger partial charge in [-0.1, -0.05) is 170 Å². The minimum absolute atomic E-state index is 0.262. The second kappa shape index (κ2) is 30.2. The molecular formula is C76H138N2O4+2. The van der Waals surface area contributed by atoms with Gasteiger partial charge in [0, 0.05) is 0 Å². The van der Waals surface area contributed by atoms with E-state index in [4.69, 9.17) is 9.47 Å². The van der Waals surface area contributed by atoms with Gasteiger partial charge in [-0.3, -0.25) is 0 Å². The van der Waals surface area contributed by atoms with Gasteiger partial charge in [-0.25, -0.2) is 0 Å². The van der Waals surface area contributed by atoms with Crippen LogP contribution in [0.3, 0.4) is 0 Å². The van der Waals surface area contributed by atoms with Crippen molar-refractivity contribution in [1.82, 2.24) is 0 Å². The van der Waals surface area contributed by atoms with Crippen LogP contribution in [0.25, 0.3) is 0 Å². The number of allylic oxidation sites excluding steroid dienone is 2. The molecule has 8 aliphatic rings. The Morgan fingerprint density at radius 1 is 0.439 bits per heavy atom. The van der Waals surface area contributed by atoms with Crippen molar-refractivity contribution in [3.8, 4) is 0 Å². The number of hydrogen-bond acceptors (Lipinski definition) is 4. The van der Waals surface area contributed by atoms with Crippen molar-refractivity contribution in [2.24, 2.45) is 92.7 Å². The third kappa shape index (κ3) is 16.0. The zero-order valence-corrected chi connectivity index (χ0v) is 56.5. The van der Waals surface area contributed by atoms with Crippen LogP contribution < -0.4 is 0 Å². The van der Waals surface area contributed by atoms with Crippen LogP contribution >= 0.6 is 0 Å². The minimum Gasteiger partial charge on any atom is -0.391 e. The van der Waals surface area contributed by atoms with E-state index >= 15 is 0 Å². The molecule has 0 bridgehead atoms. The first-order valence-electron chi connectivity index (χ1n) is 36.7. The molecule has 6 heteroatoms. The number of aliphatic hydroxyl groups is 2. The van der Waals surface area contributed by atoms with Crippen molar-refractivity contribution in [1.29, 1.82) is 0 Å². The normalized spacial score (nSPS) is 37.4. The number of nitrogens with zero attached hydrogens (tertiary/aromatic N) is 2. The van der Waals surface area contributed by atoms with Gasteiger partial charge in [0.15, 0.2) is 0 Å². The number of likely N-dealkylation sites (N-methyl/N-ethyl adjacent to an activating group) is 2. The molecule has 0 aromatic carbocycles. The third-order valence-corrected chi connectivity index (χ3v) is 27.4. The number of ether oxygens (including phenoxy) is 2. The van der Waals surface area contributed by atoms with Crippen molar-refractivity contribution in [2.45, 2.75) is 287 Å². The summed E-state index contributed by atoms with van der Waals surface area (Å²) in [5.74, 6) is 10.7. The minimum atomic E-state index is 0.262. The summed E-state index contributed by atoms with van der Waals surface area (Å²) in [7, 11) is 4.74. The lowest BCUT2D eigenvalue weighted by Gasteiger charge is -2.58. The second-order valence-corrected chi connectivity index (χ2v) is 33.6. The molecule has 2 unspecified atom stereocenters. The number of fused-ring (bicyclic) bond motifs is 10. The van der Waals surface area contributed by atoms with Gasteiger partial charge in [-0.05, 0) is 221 Å². The Balaban J connectivity index is 0.657. The average molecular weight is 1140 g/mol. The number of rotatable bonds is 35. The van der Waals surface area contributed by atoms with Crippen LogP contribution in [0.15, 0.2) is 23.3 Å². The highest BCUT2D eigenvalue weighted by Gasteiger charge is 2.61. The number of unbranched alkanes of at least 4 members (excludes halogenated alkanes) is 9. The van der Waals surface area contributed by atoms with Crippen LogP contribution in [0.5, 0.6) is 0 Å². The lowest BCUT2D eigenvalue weighted by molar-refractivity contribution is -0.910. The highest BCUT2D eigenvalue weighted by atomic mass is 16.5. The number of aliphatic hydroxyl groups excluding tert-OH is 2. The molecule has 8 rings (SSSR count). The molecular weight excluding hydrogens is 1000 g/mol. The first kappa shape index (κ1) is 67.2. The Morgan fingerprint density at radius 3 is 1.18 bits per heavy atom. The summed E-state index contributed by atoms with van der Waals surface area (Å²) >= 11 is 0. The molecule has 6 nitrogen and oxygen atoms in total. The van der Waals surface area contributed by atoms with E-state index in [1.165, 1.54) is 193 Å². The van der Waals surface area contributed by atoms with Gasteiger partial charge in [0.2, 0.25) is 0 Å². The number of quaternary nitrogens is 2. The quantitative estimate of drug-likeness (QED) is 0.0377. The zero-order valence-electron chi connectivity index (χ0n) is 56.5. The molecule has 0 saturated heterocycles. The molecule has 0 amide bonds. The van der Waals surface area contributed by atoms with E-state index in [2.05, 4.69) is 95.5 Å². The van der Waals surface area contributed by atoms with E-state index in [9.17, 15) is 10.2 Å². The smallest absolute Gasteiger partial charge is 0.102 e. The maximum absolute atomic E-state index is 10.1. The Labute approximate surface area is 508 Å². The fourth-order valence-corrected chi connectivity index (χ4v) is 22.0. The van der Waals surface area contributed by atoms with Gasteiger partial charge in [-0.2, -0.15) is 0 Å². The zero-order chi connectivity index (χ0) is 58.8. The highest BCUT2D eigenvalue weighted by Crippen LogP contribution is 2.69. The lowest BCUT2D eigenvalue weighted by atomic mass is 9.47. The summed E-state index contributed by atoms with van der Waals surface area (Å²) in [6.45, 7) is 33.8. The summed E-state index contributed by atoms with van der Waals surface area (Å²) < 4.78 is 15.5. The third-order valence-electron chi connectivity index (χ3n) is 27.4. The molecule has 0 aliphatic heterocycles. The molecule has 82 heavy (non-hydrogen) atoms. The van der Waals surface area contributed by atoms with Crippen molar-refractivity contribution < 1.29 is 28.7 Å². The Bertz CT molecular complexity index is 1840. The van der Waals surface area contributed by atoms with E-state index < -0.39 is 0 Å². The van der Waals surface area contributed by atoms with Crippen LogP contribution in [-0.4, -0.2) is 111 Å². The molecule has 6 saturated carbocycles. The molecule has 0 heterocycles. The summed E-state index contributed by atoms with van der Waals surface area (Å²) in [5.41, 5.74) is 5.39. The molecule has 0 spiro atoms. The number of hydrogen-bond donors (Lipinski definition) is 2. The van der Waals surface area contributed by atoms with Crippen molar-refractivity contribution in [2.75, 3.05) is 79.8 Å². The predicted octanol–water partition coefficient (Wildman–Crippen LogP) is 18.6. The molecule has 474 valence electrons. The van der Waals surface area contributed by atoms with Crippen LogP contribution in [0.1, 0.15) is 275 Å². The summed E-state index contributed by atoms with van der Waals surface area (Å²) in [6, 6.07) is 0. The second-order valence-electron chi connectivity index (χ2n) is 33.6.